The third-order valence-corrected chi connectivity index (χ3v) is 5.05. The summed E-state index contributed by atoms with van der Waals surface area (Å²) in [6.45, 7) is 17.2. The van der Waals surface area contributed by atoms with E-state index in [4.69, 9.17) is 0 Å². The van der Waals surface area contributed by atoms with Gasteiger partial charge in [0.15, 0.2) is 0 Å². The fourth-order valence-corrected chi connectivity index (χ4v) is 3.45. The van der Waals surface area contributed by atoms with Crippen LogP contribution in [-0.2, 0) is 4.79 Å². The van der Waals surface area contributed by atoms with Gasteiger partial charge in [0.25, 0.3) is 0 Å². The smallest absolute Gasteiger partial charge is 0.239 e. The van der Waals surface area contributed by atoms with E-state index in [1.165, 1.54) is 16.8 Å². The predicted octanol–water partition coefficient (Wildman–Crippen LogP) is 2.98. The van der Waals surface area contributed by atoms with Gasteiger partial charge in [-0.2, -0.15) is 0 Å². The molecule has 1 fully saturated rings. The first kappa shape index (κ1) is 18.8. The number of aryl methyl sites for hydroxylation is 2. The lowest BCUT2D eigenvalue weighted by atomic mass is 9.99. The zero-order valence-electron chi connectivity index (χ0n) is 16.1. The third kappa shape index (κ3) is 4.10. The fraction of sp³-hybridized carbons (Fsp3) is 0.650. The van der Waals surface area contributed by atoms with Gasteiger partial charge in [-0.25, -0.2) is 0 Å². The van der Waals surface area contributed by atoms with Crippen molar-refractivity contribution in [2.45, 2.75) is 47.1 Å². The van der Waals surface area contributed by atoms with Crippen LogP contribution in [0.1, 0.15) is 38.8 Å². The lowest BCUT2D eigenvalue weighted by Gasteiger charge is -2.44. The first-order chi connectivity index (χ1) is 11.2. The highest BCUT2D eigenvalue weighted by Gasteiger charge is 2.36. The number of hydrogen-bond acceptors (Lipinski definition) is 3. The van der Waals surface area contributed by atoms with Crippen LogP contribution >= 0.6 is 0 Å². The molecule has 1 amide bonds. The molecule has 1 heterocycles. The van der Waals surface area contributed by atoms with Crippen molar-refractivity contribution in [3.05, 3.63) is 29.3 Å². The Morgan fingerprint density at radius 2 is 1.67 bits per heavy atom. The molecule has 0 bridgehead atoms. The summed E-state index contributed by atoms with van der Waals surface area (Å²) in [6.07, 6.45) is 0. The first-order valence-corrected chi connectivity index (χ1v) is 9.08. The highest BCUT2D eigenvalue weighted by molar-refractivity contribution is 5.85. The summed E-state index contributed by atoms with van der Waals surface area (Å²) in [5.41, 5.74) is 3.57. The molecule has 134 valence electrons. The average molecular weight is 332 g/mol. The summed E-state index contributed by atoms with van der Waals surface area (Å²) >= 11 is 0. The molecule has 0 aromatic heterocycles. The number of rotatable bonds is 5. The molecular formula is C20H33N3O. The van der Waals surface area contributed by atoms with E-state index < -0.39 is 5.54 Å². The minimum Gasteiger partial charge on any atom is -0.369 e. The highest BCUT2D eigenvalue weighted by atomic mass is 16.2. The van der Waals surface area contributed by atoms with Crippen molar-refractivity contribution >= 4 is 11.6 Å². The van der Waals surface area contributed by atoms with E-state index in [9.17, 15) is 4.79 Å². The van der Waals surface area contributed by atoms with Crippen LogP contribution in [0.15, 0.2) is 18.2 Å². The first-order valence-electron chi connectivity index (χ1n) is 9.08. The van der Waals surface area contributed by atoms with Gasteiger partial charge < -0.3 is 10.2 Å². The molecule has 0 radical (unpaired) electrons. The molecule has 0 spiro atoms. The number of carbonyl (C=O) groups is 1. The predicted molar refractivity (Wildman–Crippen MR) is 102 cm³/mol. The average Bonchev–Trinajstić information content (AvgIpc) is 2.52. The second-order valence-corrected chi connectivity index (χ2v) is 7.88. The van der Waals surface area contributed by atoms with E-state index in [0.717, 1.165) is 32.7 Å². The van der Waals surface area contributed by atoms with Crippen LogP contribution in [0, 0.1) is 19.8 Å². The lowest BCUT2D eigenvalue weighted by molar-refractivity contribution is -0.132. The van der Waals surface area contributed by atoms with E-state index in [0.29, 0.717) is 5.92 Å². The molecule has 1 aliphatic rings. The summed E-state index contributed by atoms with van der Waals surface area (Å²) in [5, 5.41) is 3.09. The summed E-state index contributed by atoms with van der Waals surface area (Å²) in [5.74, 6) is 0.613. The minimum atomic E-state index is -0.457. The molecule has 0 saturated carbocycles. The molecule has 0 aliphatic carbocycles. The summed E-state index contributed by atoms with van der Waals surface area (Å²) in [7, 11) is 0. The molecule has 1 aromatic carbocycles. The lowest BCUT2D eigenvalue weighted by Crippen LogP contribution is -2.61. The third-order valence-electron chi connectivity index (χ3n) is 5.05. The number of benzene rings is 1. The summed E-state index contributed by atoms with van der Waals surface area (Å²) in [4.78, 5) is 17.3. The van der Waals surface area contributed by atoms with Crippen LogP contribution in [0.25, 0.3) is 0 Å². The van der Waals surface area contributed by atoms with E-state index in [1.807, 2.05) is 13.8 Å². The number of nitrogens with zero attached hydrogens (tertiary/aromatic N) is 2. The molecule has 2 rings (SSSR count). The Balaban J connectivity index is 2.00. The normalized spacial score (nSPS) is 16.5. The highest BCUT2D eigenvalue weighted by Crippen LogP contribution is 2.27. The molecule has 1 aromatic rings. The Labute approximate surface area is 147 Å². The largest absolute Gasteiger partial charge is 0.369 e. The van der Waals surface area contributed by atoms with Crippen molar-refractivity contribution in [2.24, 2.45) is 5.92 Å². The van der Waals surface area contributed by atoms with Gasteiger partial charge in [-0.05, 0) is 44.7 Å². The van der Waals surface area contributed by atoms with Gasteiger partial charge in [0.05, 0.1) is 5.54 Å². The van der Waals surface area contributed by atoms with Crippen molar-refractivity contribution in [3.63, 3.8) is 0 Å². The molecule has 4 heteroatoms. The zero-order valence-corrected chi connectivity index (χ0v) is 16.1. The van der Waals surface area contributed by atoms with E-state index in [1.54, 1.807) is 0 Å². The standard InChI is InChI=1S/C20H33N3O/c1-15(2)14-21-19(24)20(5,6)23-12-10-22(11-13-23)18-16(3)8-7-9-17(18)4/h7-9,15H,10-14H2,1-6H3,(H,21,24). The van der Waals surface area contributed by atoms with Crippen LogP contribution in [-0.4, -0.2) is 49.1 Å². The number of piperazine rings is 1. The molecule has 1 aliphatic heterocycles. The van der Waals surface area contributed by atoms with E-state index in [2.05, 4.69) is 61.0 Å². The number of nitrogens with one attached hydrogen (secondary N) is 1. The molecular weight excluding hydrogens is 298 g/mol. The number of para-hydroxylation sites is 1. The second-order valence-electron chi connectivity index (χ2n) is 7.88. The van der Waals surface area contributed by atoms with Crippen LogP contribution in [0.4, 0.5) is 5.69 Å². The molecule has 24 heavy (non-hydrogen) atoms. The van der Waals surface area contributed by atoms with Gasteiger partial charge in [-0.3, -0.25) is 9.69 Å². The van der Waals surface area contributed by atoms with Gasteiger partial charge >= 0.3 is 0 Å². The number of hydrogen-bond donors (Lipinski definition) is 1. The Hall–Kier alpha value is -1.55. The monoisotopic (exact) mass is 331 g/mol. The Kier molecular flexibility index (Phi) is 5.92. The van der Waals surface area contributed by atoms with Gasteiger partial charge in [0.1, 0.15) is 0 Å². The number of amides is 1. The van der Waals surface area contributed by atoms with Crippen LogP contribution in [0.5, 0.6) is 0 Å². The molecule has 1 saturated heterocycles. The quantitative estimate of drug-likeness (QED) is 0.901. The maximum absolute atomic E-state index is 12.6. The van der Waals surface area contributed by atoms with Crippen LogP contribution in [0.2, 0.25) is 0 Å². The van der Waals surface area contributed by atoms with Gasteiger partial charge in [-0.1, -0.05) is 32.0 Å². The number of carbonyl (C=O) groups excluding carboxylic acids is 1. The minimum absolute atomic E-state index is 0.136. The summed E-state index contributed by atoms with van der Waals surface area (Å²) < 4.78 is 0. The Morgan fingerprint density at radius 3 is 2.17 bits per heavy atom. The van der Waals surface area contributed by atoms with E-state index in [-0.39, 0.29) is 5.91 Å². The van der Waals surface area contributed by atoms with Crippen molar-refractivity contribution < 1.29 is 4.79 Å². The second kappa shape index (κ2) is 7.56. The maximum Gasteiger partial charge on any atom is 0.239 e. The van der Waals surface area contributed by atoms with Crippen molar-refractivity contribution in [2.75, 3.05) is 37.6 Å². The van der Waals surface area contributed by atoms with Crippen LogP contribution < -0.4 is 10.2 Å². The fourth-order valence-electron chi connectivity index (χ4n) is 3.45. The molecule has 0 unspecified atom stereocenters. The summed E-state index contributed by atoms with van der Waals surface area (Å²) in [6, 6.07) is 6.47. The Morgan fingerprint density at radius 1 is 1.12 bits per heavy atom. The molecule has 0 atom stereocenters. The van der Waals surface area contributed by atoms with Gasteiger partial charge in [0.2, 0.25) is 5.91 Å². The SMILES string of the molecule is Cc1cccc(C)c1N1CCN(C(C)(C)C(=O)NCC(C)C)CC1. The topological polar surface area (TPSA) is 35.6 Å². The molecule has 1 N–H and O–H groups in total. The van der Waals surface area contributed by atoms with Gasteiger partial charge in [-0.15, -0.1) is 0 Å². The molecule has 4 nitrogen and oxygen atoms in total. The van der Waals surface area contributed by atoms with Gasteiger partial charge in [0, 0.05) is 38.4 Å². The number of anilines is 1. The Bertz CT molecular complexity index is 552. The van der Waals surface area contributed by atoms with Crippen molar-refractivity contribution in [1.29, 1.82) is 0 Å². The van der Waals surface area contributed by atoms with Crippen molar-refractivity contribution in [1.82, 2.24) is 10.2 Å². The van der Waals surface area contributed by atoms with Crippen LogP contribution in [0.3, 0.4) is 0 Å². The van der Waals surface area contributed by atoms with E-state index >= 15 is 0 Å². The maximum atomic E-state index is 12.6. The zero-order chi connectivity index (χ0) is 17.9. The van der Waals surface area contributed by atoms with Crippen molar-refractivity contribution in [3.8, 4) is 0 Å².